The fourth-order valence-corrected chi connectivity index (χ4v) is 2.87. The predicted octanol–water partition coefficient (Wildman–Crippen LogP) is 1.23. The number of aliphatic carboxylic acids is 1. The van der Waals surface area contributed by atoms with Crippen LogP contribution in [-0.2, 0) is 11.3 Å². The van der Waals surface area contributed by atoms with Crippen LogP contribution in [0.15, 0.2) is 18.2 Å². The quantitative estimate of drug-likeness (QED) is 0.889. The number of nitrogens with zero attached hydrogens (tertiary/aromatic N) is 3. The first-order chi connectivity index (χ1) is 10.1. The number of aryl methyl sites for hydroxylation is 1. The molecule has 2 heterocycles. The van der Waals surface area contributed by atoms with E-state index in [-0.39, 0.29) is 6.54 Å². The molecule has 1 aliphatic rings. The average molecular weight is 288 g/mol. The molecular formula is C15H20N4O2. The standard InChI is InChI=1S/C15H20N4O2/c1-11-17-13-9-12(18-7-2-5-16-6-8-18)3-4-14(13)19(11)10-15(20)21/h3-4,9,16H,2,5-8,10H2,1H3,(H,20,21). The second-order valence-electron chi connectivity index (χ2n) is 5.40. The summed E-state index contributed by atoms with van der Waals surface area (Å²) in [4.78, 5) is 17.8. The third-order valence-corrected chi connectivity index (χ3v) is 3.92. The van der Waals surface area contributed by atoms with Crippen molar-refractivity contribution >= 4 is 22.7 Å². The van der Waals surface area contributed by atoms with Crippen LogP contribution in [0.4, 0.5) is 5.69 Å². The van der Waals surface area contributed by atoms with Crippen molar-refractivity contribution in [2.45, 2.75) is 19.9 Å². The minimum atomic E-state index is -0.847. The molecule has 0 aliphatic carbocycles. The van der Waals surface area contributed by atoms with Gasteiger partial charge in [-0.3, -0.25) is 4.79 Å². The third-order valence-electron chi connectivity index (χ3n) is 3.92. The number of carbonyl (C=O) groups is 1. The lowest BCUT2D eigenvalue weighted by Gasteiger charge is -2.22. The molecule has 6 nitrogen and oxygen atoms in total. The highest BCUT2D eigenvalue weighted by atomic mass is 16.4. The number of imidazole rings is 1. The zero-order valence-corrected chi connectivity index (χ0v) is 12.2. The maximum Gasteiger partial charge on any atom is 0.323 e. The summed E-state index contributed by atoms with van der Waals surface area (Å²) in [5.41, 5.74) is 2.90. The number of hydrogen-bond acceptors (Lipinski definition) is 4. The number of nitrogens with one attached hydrogen (secondary N) is 1. The Balaban J connectivity index is 1.95. The lowest BCUT2D eigenvalue weighted by molar-refractivity contribution is -0.137. The van der Waals surface area contributed by atoms with Crippen molar-refractivity contribution in [3.05, 3.63) is 24.0 Å². The Morgan fingerprint density at radius 1 is 1.38 bits per heavy atom. The molecule has 2 N–H and O–H groups in total. The highest BCUT2D eigenvalue weighted by Crippen LogP contribution is 2.23. The van der Waals surface area contributed by atoms with E-state index in [2.05, 4.69) is 27.3 Å². The highest BCUT2D eigenvalue weighted by Gasteiger charge is 2.14. The smallest absolute Gasteiger partial charge is 0.323 e. The van der Waals surface area contributed by atoms with Gasteiger partial charge in [0, 0.05) is 25.3 Å². The first kappa shape index (κ1) is 13.9. The Hall–Kier alpha value is -2.08. The number of fused-ring (bicyclic) bond motifs is 1. The maximum atomic E-state index is 11.0. The van der Waals surface area contributed by atoms with Gasteiger partial charge in [-0.1, -0.05) is 0 Å². The normalized spacial score (nSPS) is 16.1. The van der Waals surface area contributed by atoms with Crippen molar-refractivity contribution in [2.75, 3.05) is 31.1 Å². The molecule has 0 radical (unpaired) electrons. The molecule has 3 rings (SSSR count). The second-order valence-corrected chi connectivity index (χ2v) is 5.40. The molecule has 0 unspecified atom stereocenters. The first-order valence-electron chi connectivity index (χ1n) is 7.29. The van der Waals surface area contributed by atoms with E-state index in [9.17, 15) is 4.79 Å². The molecule has 1 aromatic heterocycles. The van der Waals surface area contributed by atoms with E-state index >= 15 is 0 Å². The van der Waals surface area contributed by atoms with Gasteiger partial charge in [-0.25, -0.2) is 4.98 Å². The summed E-state index contributed by atoms with van der Waals surface area (Å²) >= 11 is 0. The number of rotatable bonds is 3. The van der Waals surface area contributed by atoms with Gasteiger partial charge < -0.3 is 19.9 Å². The number of carboxylic acids is 1. The van der Waals surface area contributed by atoms with Gasteiger partial charge in [0.2, 0.25) is 0 Å². The molecule has 0 amide bonds. The number of carboxylic acid groups (broad SMARTS) is 1. The van der Waals surface area contributed by atoms with E-state index in [1.165, 1.54) is 0 Å². The van der Waals surface area contributed by atoms with Crippen LogP contribution in [0, 0.1) is 6.92 Å². The largest absolute Gasteiger partial charge is 0.480 e. The van der Waals surface area contributed by atoms with Gasteiger partial charge in [-0.15, -0.1) is 0 Å². The summed E-state index contributed by atoms with van der Waals surface area (Å²) in [6.07, 6.45) is 1.13. The van der Waals surface area contributed by atoms with Crippen LogP contribution >= 0.6 is 0 Å². The molecule has 1 aromatic carbocycles. The average Bonchev–Trinajstić information content (AvgIpc) is 2.66. The Labute approximate surface area is 123 Å². The molecular weight excluding hydrogens is 268 g/mol. The highest BCUT2D eigenvalue weighted by molar-refractivity contribution is 5.82. The van der Waals surface area contributed by atoms with Gasteiger partial charge in [-0.05, 0) is 38.1 Å². The fraction of sp³-hybridized carbons (Fsp3) is 0.467. The van der Waals surface area contributed by atoms with Gasteiger partial charge in [0.15, 0.2) is 0 Å². The fourth-order valence-electron chi connectivity index (χ4n) is 2.87. The van der Waals surface area contributed by atoms with Crippen LogP contribution in [0.1, 0.15) is 12.2 Å². The van der Waals surface area contributed by atoms with Crippen LogP contribution in [0.3, 0.4) is 0 Å². The molecule has 6 heteroatoms. The number of anilines is 1. The van der Waals surface area contributed by atoms with Crippen molar-refractivity contribution in [3.63, 3.8) is 0 Å². The summed E-state index contributed by atoms with van der Waals surface area (Å²) in [5, 5.41) is 12.4. The monoisotopic (exact) mass is 288 g/mol. The van der Waals surface area contributed by atoms with Crippen molar-refractivity contribution in [2.24, 2.45) is 0 Å². The minimum Gasteiger partial charge on any atom is -0.480 e. The summed E-state index contributed by atoms with van der Waals surface area (Å²) in [6, 6.07) is 6.10. The Morgan fingerprint density at radius 2 is 2.24 bits per heavy atom. The Morgan fingerprint density at radius 3 is 3.05 bits per heavy atom. The number of hydrogen-bond donors (Lipinski definition) is 2. The van der Waals surface area contributed by atoms with E-state index in [1.807, 2.05) is 13.0 Å². The minimum absolute atomic E-state index is 0.0463. The Bertz CT molecular complexity index is 657. The van der Waals surface area contributed by atoms with E-state index in [4.69, 9.17) is 5.11 Å². The van der Waals surface area contributed by atoms with E-state index < -0.39 is 5.97 Å². The number of benzene rings is 1. The molecule has 21 heavy (non-hydrogen) atoms. The molecule has 0 spiro atoms. The Kier molecular flexibility index (Phi) is 3.79. The van der Waals surface area contributed by atoms with Crippen molar-refractivity contribution < 1.29 is 9.90 Å². The van der Waals surface area contributed by atoms with Crippen molar-refractivity contribution in [3.8, 4) is 0 Å². The molecule has 1 fully saturated rings. The molecule has 0 bridgehead atoms. The summed E-state index contributed by atoms with van der Waals surface area (Å²) in [5.74, 6) is -0.109. The topological polar surface area (TPSA) is 70.4 Å². The van der Waals surface area contributed by atoms with Gasteiger partial charge in [0.25, 0.3) is 0 Å². The van der Waals surface area contributed by atoms with E-state index in [0.29, 0.717) is 0 Å². The third kappa shape index (κ3) is 2.85. The van der Waals surface area contributed by atoms with E-state index in [1.54, 1.807) is 4.57 Å². The van der Waals surface area contributed by atoms with Gasteiger partial charge in [0.05, 0.1) is 11.0 Å². The molecule has 112 valence electrons. The molecule has 0 saturated carbocycles. The van der Waals surface area contributed by atoms with Crippen LogP contribution in [0.25, 0.3) is 11.0 Å². The predicted molar refractivity (Wildman–Crippen MR) is 81.8 cm³/mol. The van der Waals surface area contributed by atoms with Crippen LogP contribution in [-0.4, -0.2) is 46.8 Å². The van der Waals surface area contributed by atoms with Crippen molar-refractivity contribution in [1.29, 1.82) is 0 Å². The van der Waals surface area contributed by atoms with Gasteiger partial charge >= 0.3 is 5.97 Å². The van der Waals surface area contributed by atoms with E-state index in [0.717, 1.165) is 55.1 Å². The number of aromatic nitrogens is 2. The summed E-state index contributed by atoms with van der Waals surface area (Å²) in [6.45, 7) is 5.87. The SMILES string of the molecule is Cc1nc2cc(N3CCCNCC3)ccc2n1CC(=O)O. The van der Waals surface area contributed by atoms with Gasteiger partial charge in [0.1, 0.15) is 12.4 Å². The van der Waals surface area contributed by atoms with Crippen LogP contribution in [0.2, 0.25) is 0 Å². The van der Waals surface area contributed by atoms with Crippen LogP contribution in [0.5, 0.6) is 0 Å². The zero-order chi connectivity index (χ0) is 14.8. The summed E-state index contributed by atoms with van der Waals surface area (Å²) < 4.78 is 1.74. The van der Waals surface area contributed by atoms with Crippen molar-refractivity contribution in [1.82, 2.24) is 14.9 Å². The first-order valence-corrected chi connectivity index (χ1v) is 7.29. The summed E-state index contributed by atoms with van der Waals surface area (Å²) in [7, 11) is 0. The van der Waals surface area contributed by atoms with Gasteiger partial charge in [-0.2, -0.15) is 0 Å². The molecule has 0 atom stereocenters. The lowest BCUT2D eigenvalue weighted by Crippen LogP contribution is -2.27. The molecule has 1 saturated heterocycles. The zero-order valence-electron chi connectivity index (χ0n) is 12.2. The lowest BCUT2D eigenvalue weighted by atomic mass is 10.2. The maximum absolute atomic E-state index is 11.0. The molecule has 2 aromatic rings. The molecule has 1 aliphatic heterocycles. The second kappa shape index (κ2) is 5.73. The van der Waals surface area contributed by atoms with Crippen LogP contribution < -0.4 is 10.2 Å².